The molecule has 0 bridgehead atoms. The topological polar surface area (TPSA) is 38.0 Å². The Kier molecular flexibility index (Phi) is 6.46. The van der Waals surface area contributed by atoms with Crippen LogP contribution in [-0.2, 0) is 0 Å². The van der Waals surface area contributed by atoms with Gasteiger partial charge in [0.1, 0.15) is 5.82 Å². The Bertz CT molecular complexity index is 375. The van der Waals surface area contributed by atoms with Crippen LogP contribution < -0.4 is 11.3 Å². The van der Waals surface area contributed by atoms with Crippen molar-refractivity contribution in [2.75, 3.05) is 0 Å². The molecule has 0 fully saturated rings. The van der Waals surface area contributed by atoms with E-state index in [2.05, 4.69) is 19.3 Å². The summed E-state index contributed by atoms with van der Waals surface area (Å²) in [5.41, 5.74) is 5.52. The van der Waals surface area contributed by atoms with Crippen LogP contribution >= 0.6 is 0 Å². The average Bonchev–Trinajstić information content (AvgIpc) is 2.33. The molecule has 0 aliphatic heterocycles. The van der Waals surface area contributed by atoms with Crippen LogP contribution in [0.25, 0.3) is 0 Å². The number of halogens is 1. The molecular formula is C16H27FN2. The minimum absolute atomic E-state index is 0.0968. The standard InChI is InChI=1S/C16H27FN2/c1-5-7-13(8-6-2)16(19-18)15-12(4)9-11(3)10-14(15)17/h9-10,13,16,19H,5-8,18H2,1-4H3. The molecule has 3 heteroatoms. The van der Waals surface area contributed by atoms with E-state index < -0.39 is 0 Å². The second-order valence-electron chi connectivity index (χ2n) is 5.46. The first kappa shape index (κ1) is 16.1. The summed E-state index contributed by atoms with van der Waals surface area (Å²) in [5, 5.41) is 0. The van der Waals surface area contributed by atoms with Gasteiger partial charge in [-0.2, -0.15) is 0 Å². The predicted octanol–water partition coefficient (Wildman–Crippen LogP) is 4.16. The zero-order chi connectivity index (χ0) is 14.4. The number of nitrogens with one attached hydrogen (secondary N) is 1. The van der Waals surface area contributed by atoms with Crippen molar-refractivity contribution in [1.29, 1.82) is 0 Å². The number of rotatable bonds is 7. The number of hydrogen-bond donors (Lipinski definition) is 2. The van der Waals surface area contributed by atoms with E-state index in [4.69, 9.17) is 5.84 Å². The Hall–Kier alpha value is -0.930. The second-order valence-corrected chi connectivity index (χ2v) is 5.46. The Morgan fingerprint density at radius 1 is 1.16 bits per heavy atom. The largest absolute Gasteiger partial charge is 0.271 e. The average molecular weight is 266 g/mol. The third-order valence-electron chi connectivity index (χ3n) is 3.76. The fourth-order valence-corrected chi connectivity index (χ4v) is 3.00. The maximum Gasteiger partial charge on any atom is 0.128 e. The van der Waals surface area contributed by atoms with Crippen molar-refractivity contribution < 1.29 is 4.39 Å². The van der Waals surface area contributed by atoms with Crippen molar-refractivity contribution >= 4 is 0 Å². The summed E-state index contributed by atoms with van der Waals surface area (Å²) in [6.07, 6.45) is 4.32. The lowest BCUT2D eigenvalue weighted by Gasteiger charge is -2.28. The first-order valence-electron chi connectivity index (χ1n) is 7.27. The van der Waals surface area contributed by atoms with Crippen molar-refractivity contribution in [3.63, 3.8) is 0 Å². The molecule has 1 aromatic carbocycles. The summed E-state index contributed by atoms with van der Waals surface area (Å²) < 4.78 is 14.3. The van der Waals surface area contributed by atoms with E-state index in [-0.39, 0.29) is 11.9 Å². The Morgan fingerprint density at radius 3 is 2.16 bits per heavy atom. The third-order valence-corrected chi connectivity index (χ3v) is 3.76. The van der Waals surface area contributed by atoms with Crippen molar-refractivity contribution in [3.8, 4) is 0 Å². The number of benzene rings is 1. The molecule has 0 aromatic heterocycles. The van der Waals surface area contributed by atoms with Gasteiger partial charge in [-0.1, -0.05) is 32.8 Å². The van der Waals surface area contributed by atoms with Gasteiger partial charge in [0.2, 0.25) is 0 Å². The Morgan fingerprint density at radius 2 is 1.74 bits per heavy atom. The maximum atomic E-state index is 14.3. The van der Waals surface area contributed by atoms with Crippen LogP contribution in [0.2, 0.25) is 0 Å². The lowest BCUT2D eigenvalue weighted by atomic mass is 9.84. The Balaban J connectivity index is 3.14. The van der Waals surface area contributed by atoms with Gasteiger partial charge in [0, 0.05) is 5.56 Å². The van der Waals surface area contributed by atoms with E-state index in [1.807, 2.05) is 19.9 Å². The fourth-order valence-electron chi connectivity index (χ4n) is 3.00. The highest BCUT2D eigenvalue weighted by atomic mass is 19.1. The van der Waals surface area contributed by atoms with Crippen LogP contribution in [0.15, 0.2) is 12.1 Å². The van der Waals surface area contributed by atoms with Crippen LogP contribution in [0.5, 0.6) is 0 Å². The van der Waals surface area contributed by atoms with E-state index >= 15 is 0 Å². The minimum atomic E-state index is -0.141. The van der Waals surface area contributed by atoms with Gasteiger partial charge in [0.15, 0.2) is 0 Å². The smallest absolute Gasteiger partial charge is 0.128 e. The summed E-state index contributed by atoms with van der Waals surface area (Å²) >= 11 is 0. The summed E-state index contributed by atoms with van der Waals surface area (Å²) in [5.74, 6) is 5.97. The lowest BCUT2D eigenvalue weighted by Crippen LogP contribution is -2.35. The van der Waals surface area contributed by atoms with Crippen LogP contribution in [0.4, 0.5) is 4.39 Å². The van der Waals surface area contributed by atoms with Crippen molar-refractivity contribution in [2.45, 2.75) is 59.4 Å². The van der Waals surface area contributed by atoms with Crippen LogP contribution in [-0.4, -0.2) is 0 Å². The predicted molar refractivity (Wildman–Crippen MR) is 79.2 cm³/mol. The summed E-state index contributed by atoms with van der Waals surface area (Å²) in [6.45, 7) is 8.20. The number of aryl methyl sites for hydroxylation is 2. The molecule has 0 amide bonds. The van der Waals surface area contributed by atoms with E-state index in [1.54, 1.807) is 6.07 Å². The van der Waals surface area contributed by atoms with Crippen molar-refractivity contribution in [1.82, 2.24) is 5.43 Å². The highest BCUT2D eigenvalue weighted by molar-refractivity contribution is 5.34. The molecule has 3 N–H and O–H groups in total. The summed E-state index contributed by atoms with van der Waals surface area (Å²) in [4.78, 5) is 0. The lowest BCUT2D eigenvalue weighted by molar-refractivity contribution is 0.311. The van der Waals surface area contributed by atoms with E-state index in [1.165, 1.54) is 0 Å². The molecule has 108 valence electrons. The maximum absolute atomic E-state index is 14.3. The molecule has 1 atom stereocenters. The van der Waals surface area contributed by atoms with E-state index in [9.17, 15) is 4.39 Å². The molecule has 0 spiro atoms. The van der Waals surface area contributed by atoms with Gasteiger partial charge in [-0.3, -0.25) is 11.3 Å². The molecule has 0 saturated heterocycles. The zero-order valence-electron chi connectivity index (χ0n) is 12.6. The van der Waals surface area contributed by atoms with Crippen LogP contribution in [0.3, 0.4) is 0 Å². The summed E-state index contributed by atoms with van der Waals surface area (Å²) in [6, 6.07) is 3.53. The normalized spacial score (nSPS) is 13.0. The highest BCUT2D eigenvalue weighted by Gasteiger charge is 2.25. The number of hydrogen-bond acceptors (Lipinski definition) is 2. The van der Waals surface area contributed by atoms with Crippen molar-refractivity contribution in [2.24, 2.45) is 11.8 Å². The first-order chi connectivity index (χ1) is 9.04. The van der Waals surface area contributed by atoms with Crippen LogP contribution in [0, 0.1) is 25.6 Å². The molecule has 1 rings (SSSR count). The molecule has 0 saturated carbocycles. The SMILES string of the molecule is CCCC(CCC)C(NN)c1c(C)cc(C)cc1F. The quantitative estimate of drug-likeness (QED) is 0.574. The molecule has 2 nitrogen and oxygen atoms in total. The zero-order valence-corrected chi connectivity index (χ0v) is 12.6. The molecule has 1 unspecified atom stereocenters. The number of hydrazine groups is 1. The monoisotopic (exact) mass is 266 g/mol. The van der Waals surface area contributed by atoms with Gasteiger partial charge in [-0.25, -0.2) is 4.39 Å². The van der Waals surface area contributed by atoms with Gasteiger partial charge >= 0.3 is 0 Å². The van der Waals surface area contributed by atoms with Crippen molar-refractivity contribution in [3.05, 3.63) is 34.6 Å². The van der Waals surface area contributed by atoms with E-state index in [0.717, 1.165) is 42.4 Å². The molecule has 0 radical (unpaired) electrons. The molecule has 0 aliphatic carbocycles. The van der Waals surface area contributed by atoms with Gasteiger partial charge in [0.05, 0.1) is 6.04 Å². The van der Waals surface area contributed by atoms with Gasteiger partial charge in [0.25, 0.3) is 0 Å². The molecule has 0 aliphatic rings. The van der Waals surface area contributed by atoms with Gasteiger partial charge in [-0.05, 0) is 49.8 Å². The molecular weight excluding hydrogens is 239 g/mol. The molecule has 19 heavy (non-hydrogen) atoms. The minimum Gasteiger partial charge on any atom is -0.271 e. The Labute approximate surface area is 116 Å². The van der Waals surface area contributed by atoms with Crippen LogP contribution in [0.1, 0.15) is 62.3 Å². The highest BCUT2D eigenvalue weighted by Crippen LogP contribution is 2.33. The van der Waals surface area contributed by atoms with Gasteiger partial charge in [-0.15, -0.1) is 0 Å². The first-order valence-corrected chi connectivity index (χ1v) is 7.27. The molecule has 1 aromatic rings. The summed E-state index contributed by atoms with van der Waals surface area (Å²) in [7, 11) is 0. The fraction of sp³-hybridized carbons (Fsp3) is 0.625. The third kappa shape index (κ3) is 4.02. The number of nitrogens with two attached hydrogens (primary N) is 1. The van der Waals surface area contributed by atoms with E-state index in [0.29, 0.717) is 5.92 Å². The van der Waals surface area contributed by atoms with Gasteiger partial charge < -0.3 is 0 Å². The second kappa shape index (κ2) is 7.61. The molecule has 0 heterocycles.